The molecule has 0 heterocycles. The first-order valence-electron chi connectivity index (χ1n) is 11.0. The summed E-state index contributed by atoms with van der Waals surface area (Å²) in [4.78, 5) is 0. The zero-order valence-corrected chi connectivity index (χ0v) is 21.0. The summed E-state index contributed by atoms with van der Waals surface area (Å²) in [6.45, 7) is 0. The first kappa shape index (κ1) is 25.2. The summed E-state index contributed by atoms with van der Waals surface area (Å²) < 4.78 is 0. The van der Waals surface area contributed by atoms with E-state index in [0.717, 1.165) is 25.7 Å². The van der Waals surface area contributed by atoms with Crippen LogP contribution in [0.3, 0.4) is 0 Å². The van der Waals surface area contributed by atoms with Gasteiger partial charge in [-0.15, -0.1) is 0 Å². The summed E-state index contributed by atoms with van der Waals surface area (Å²) in [6, 6.07) is 16.1. The second-order valence-electron chi connectivity index (χ2n) is 8.90. The largest absolute Gasteiger partial charge is 0.198 e. The van der Waals surface area contributed by atoms with Gasteiger partial charge in [-0.05, 0) is 61.1 Å². The number of nitrogens with zero attached hydrogens (tertiary/aromatic N) is 2. The number of rotatable bonds is 4. The van der Waals surface area contributed by atoms with Crippen molar-refractivity contribution in [3.63, 3.8) is 0 Å². The lowest BCUT2D eigenvalue weighted by Crippen LogP contribution is -2.21. The number of hydrogen-bond acceptors (Lipinski definition) is 2. The molecule has 6 heteroatoms. The Kier molecular flexibility index (Phi) is 8.77. The normalized spacial score (nSPS) is 18.3. The number of halogens is 4. The Balaban J connectivity index is 0.000000181. The molecule has 32 heavy (non-hydrogen) atoms. The molecule has 2 aliphatic carbocycles. The fraction of sp³-hybridized carbons (Fsp3) is 0.462. The van der Waals surface area contributed by atoms with E-state index in [9.17, 15) is 0 Å². The average molecular weight is 508 g/mol. The fourth-order valence-corrected chi connectivity index (χ4v) is 5.79. The van der Waals surface area contributed by atoms with Crippen molar-refractivity contribution < 1.29 is 0 Å². The van der Waals surface area contributed by atoms with E-state index in [1.54, 1.807) is 0 Å². The highest BCUT2D eigenvalue weighted by atomic mass is 35.5. The van der Waals surface area contributed by atoms with Crippen molar-refractivity contribution in [1.29, 1.82) is 10.5 Å². The van der Waals surface area contributed by atoms with Gasteiger partial charge in [0.2, 0.25) is 0 Å². The van der Waals surface area contributed by atoms with Crippen molar-refractivity contribution in [2.75, 3.05) is 0 Å². The molecule has 2 aromatic rings. The molecule has 0 unspecified atom stereocenters. The number of benzene rings is 2. The van der Waals surface area contributed by atoms with Gasteiger partial charge in [0.05, 0.1) is 32.2 Å². The van der Waals surface area contributed by atoms with Crippen LogP contribution in [0.15, 0.2) is 36.4 Å². The standard InChI is InChI=1S/2C13H13Cl2N/c2*14-11-4-3-10(9-12(11)15)13(7-8-16)5-1-2-6-13/h2*3-4,9H,1-2,5-7H2. The zero-order chi connectivity index (χ0) is 23.2. The van der Waals surface area contributed by atoms with Crippen LogP contribution >= 0.6 is 46.4 Å². The van der Waals surface area contributed by atoms with Gasteiger partial charge in [-0.3, -0.25) is 0 Å². The summed E-state index contributed by atoms with van der Waals surface area (Å²) >= 11 is 23.9. The molecule has 0 bridgehead atoms. The molecule has 2 aliphatic rings. The lowest BCUT2D eigenvalue weighted by molar-refractivity contribution is 0.451. The fourth-order valence-electron chi connectivity index (χ4n) is 5.19. The first-order valence-corrected chi connectivity index (χ1v) is 12.5. The Bertz CT molecular complexity index is 940. The zero-order valence-electron chi connectivity index (χ0n) is 17.9. The van der Waals surface area contributed by atoms with Crippen LogP contribution in [0, 0.1) is 22.7 Å². The summed E-state index contributed by atoms with van der Waals surface area (Å²) in [5, 5.41) is 20.3. The van der Waals surface area contributed by atoms with Gasteiger partial charge in [0.15, 0.2) is 0 Å². The summed E-state index contributed by atoms with van der Waals surface area (Å²) in [7, 11) is 0. The maximum atomic E-state index is 8.97. The topological polar surface area (TPSA) is 47.6 Å². The average Bonchev–Trinajstić information content (AvgIpc) is 3.44. The van der Waals surface area contributed by atoms with Crippen LogP contribution in [0.5, 0.6) is 0 Å². The Morgan fingerprint density at radius 3 is 1.22 bits per heavy atom. The van der Waals surface area contributed by atoms with Crippen LogP contribution in [-0.4, -0.2) is 0 Å². The predicted octanol–water partition coefficient (Wildman–Crippen LogP) is 9.44. The Labute approximate surface area is 211 Å². The van der Waals surface area contributed by atoms with Gasteiger partial charge < -0.3 is 0 Å². The van der Waals surface area contributed by atoms with E-state index in [-0.39, 0.29) is 10.8 Å². The highest BCUT2D eigenvalue weighted by Gasteiger charge is 2.36. The minimum Gasteiger partial charge on any atom is -0.198 e. The van der Waals surface area contributed by atoms with Crippen LogP contribution in [0.2, 0.25) is 20.1 Å². The Morgan fingerprint density at radius 1 is 0.594 bits per heavy atom. The van der Waals surface area contributed by atoms with Crippen LogP contribution in [-0.2, 0) is 10.8 Å². The quantitative estimate of drug-likeness (QED) is 0.413. The van der Waals surface area contributed by atoms with Gasteiger partial charge in [0.25, 0.3) is 0 Å². The van der Waals surface area contributed by atoms with Gasteiger partial charge in [-0.1, -0.05) is 84.2 Å². The van der Waals surface area contributed by atoms with E-state index in [1.807, 2.05) is 36.4 Å². The van der Waals surface area contributed by atoms with E-state index >= 15 is 0 Å². The van der Waals surface area contributed by atoms with Crippen LogP contribution in [0.4, 0.5) is 0 Å². The molecule has 2 fully saturated rings. The van der Waals surface area contributed by atoms with Gasteiger partial charge in [0.1, 0.15) is 0 Å². The molecule has 0 aromatic heterocycles. The summed E-state index contributed by atoms with van der Waals surface area (Å²) in [6.07, 6.45) is 10.3. The molecule has 0 amide bonds. The number of nitriles is 2. The lowest BCUT2D eigenvalue weighted by Gasteiger charge is -2.27. The monoisotopic (exact) mass is 506 g/mol. The number of hydrogen-bond donors (Lipinski definition) is 0. The molecule has 4 rings (SSSR count). The van der Waals surface area contributed by atoms with Gasteiger partial charge in [-0.2, -0.15) is 10.5 Å². The molecule has 0 saturated heterocycles. The maximum Gasteiger partial charge on any atom is 0.0631 e. The van der Waals surface area contributed by atoms with Crippen molar-refractivity contribution in [2.24, 2.45) is 0 Å². The lowest BCUT2D eigenvalue weighted by atomic mass is 9.76. The van der Waals surface area contributed by atoms with E-state index < -0.39 is 0 Å². The molecule has 2 saturated carbocycles. The van der Waals surface area contributed by atoms with Gasteiger partial charge >= 0.3 is 0 Å². The highest BCUT2D eigenvalue weighted by Crippen LogP contribution is 2.46. The molecule has 0 spiro atoms. The maximum absolute atomic E-state index is 8.97. The van der Waals surface area contributed by atoms with Crippen LogP contribution in [0.25, 0.3) is 0 Å². The van der Waals surface area contributed by atoms with Crippen LogP contribution in [0.1, 0.15) is 75.3 Å². The van der Waals surface area contributed by atoms with Crippen molar-refractivity contribution in [3.05, 3.63) is 67.6 Å². The molecule has 2 nitrogen and oxygen atoms in total. The predicted molar refractivity (Wildman–Crippen MR) is 134 cm³/mol. The molecule has 0 radical (unpaired) electrons. The Morgan fingerprint density at radius 2 is 0.938 bits per heavy atom. The molecular formula is C26H26Cl4N2. The molecule has 0 aliphatic heterocycles. The molecule has 0 N–H and O–H groups in total. The summed E-state index contributed by atoms with van der Waals surface area (Å²) in [5.41, 5.74) is 2.37. The van der Waals surface area contributed by atoms with E-state index in [1.165, 1.54) is 36.8 Å². The third kappa shape index (κ3) is 5.55. The van der Waals surface area contributed by atoms with E-state index in [2.05, 4.69) is 12.1 Å². The van der Waals surface area contributed by atoms with E-state index in [4.69, 9.17) is 56.9 Å². The summed E-state index contributed by atoms with van der Waals surface area (Å²) in [5.74, 6) is 0. The second-order valence-corrected chi connectivity index (χ2v) is 10.5. The van der Waals surface area contributed by atoms with Crippen molar-refractivity contribution in [1.82, 2.24) is 0 Å². The molecular weight excluding hydrogens is 482 g/mol. The minimum atomic E-state index is 0.0168. The smallest absolute Gasteiger partial charge is 0.0631 e. The van der Waals surface area contributed by atoms with Gasteiger partial charge in [-0.25, -0.2) is 0 Å². The molecule has 2 aromatic carbocycles. The molecule has 0 atom stereocenters. The second kappa shape index (κ2) is 11.1. The third-order valence-corrected chi connectivity index (χ3v) is 8.50. The minimum absolute atomic E-state index is 0.0168. The van der Waals surface area contributed by atoms with Crippen LogP contribution < -0.4 is 0 Å². The first-order chi connectivity index (χ1) is 15.4. The molecule has 168 valence electrons. The van der Waals surface area contributed by atoms with Gasteiger partial charge in [0, 0.05) is 23.7 Å². The highest BCUT2D eigenvalue weighted by molar-refractivity contribution is 6.42. The van der Waals surface area contributed by atoms with E-state index in [0.29, 0.717) is 32.9 Å². The van der Waals surface area contributed by atoms with Crippen molar-refractivity contribution >= 4 is 46.4 Å². The van der Waals surface area contributed by atoms with Crippen molar-refractivity contribution in [3.8, 4) is 12.1 Å². The Hall–Kier alpha value is -1.42. The third-order valence-electron chi connectivity index (χ3n) is 7.02. The van der Waals surface area contributed by atoms with Crippen molar-refractivity contribution in [2.45, 2.75) is 75.0 Å². The SMILES string of the molecule is N#CCC1(c2ccc(Cl)c(Cl)c2)CCCC1.N#CCC1(c2ccc(Cl)c(Cl)c2)CCCC1.